The number of carbonyl (C=O) groups is 1. The third kappa shape index (κ3) is 3.97. The predicted octanol–water partition coefficient (Wildman–Crippen LogP) is 4.36. The number of hydrogen-bond donors (Lipinski definition) is 1. The van der Waals surface area contributed by atoms with Gasteiger partial charge in [-0.25, -0.2) is 4.98 Å². The van der Waals surface area contributed by atoms with Crippen molar-refractivity contribution in [2.24, 2.45) is 0 Å². The fraction of sp³-hybridized carbons (Fsp3) is 0.333. The van der Waals surface area contributed by atoms with Gasteiger partial charge in [-0.1, -0.05) is 18.2 Å². The van der Waals surface area contributed by atoms with Crippen molar-refractivity contribution in [1.82, 2.24) is 10.3 Å². The largest absolute Gasteiger partial charge is 0.497 e. The van der Waals surface area contributed by atoms with Gasteiger partial charge < -0.3 is 14.8 Å². The van der Waals surface area contributed by atoms with Crippen LogP contribution in [-0.4, -0.2) is 37.8 Å². The molecule has 0 bridgehead atoms. The zero-order chi connectivity index (χ0) is 19.4. The molecular weight excluding hydrogens is 392 g/mol. The molecule has 28 heavy (non-hydrogen) atoms. The van der Waals surface area contributed by atoms with Crippen LogP contribution in [0.3, 0.4) is 0 Å². The summed E-state index contributed by atoms with van der Waals surface area (Å²) in [5, 5.41) is 6.04. The molecule has 1 aromatic carbocycles. The Kier molecular flexibility index (Phi) is 5.75. The first-order valence-corrected chi connectivity index (χ1v) is 10.9. The van der Waals surface area contributed by atoms with Gasteiger partial charge in [0.2, 0.25) is 0 Å². The molecule has 0 radical (unpaired) electrons. The average molecular weight is 415 g/mol. The van der Waals surface area contributed by atoms with Crippen molar-refractivity contribution in [2.75, 3.05) is 26.9 Å². The zero-order valence-electron chi connectivity index (χ0n) is 15.6. The fourth-order valence-corrected chi connectivity index (χ4v) is 5.14. The maximum atomic E-state index is 12.8. The highest BCUT2D eigenvalue weighted by Crippen LogP contribution is 2.35. The Morgan fingerprint density at radius 3 is 2.71 bits per heavy atom. The highest BCUT2D eigenvalue weighted by molar-refractivity contribution is 7.21. The summed E-state index contributed by atoms with van der Waals surface area (Å²) in [5.41, 5.74) is 1.09. The van der Waals surface area contributed by atoms with Crippen LogP contribution >= 0.6 is 22.7 Å². The van der Waals surface area contributed by atoms with E-state index in [4.69, 9.17) is 9.47 Å². The summed E-state index contributed by atoms with van der Waals surface area (Å²) in [4.78, 5) is 18.9. The van der Waals surface area contributed by atoms with E-state index in [9.17, 15) is 4.79 Å². The Morgan fingerprint density at radius 1 is 1.25 bits per heavy atom. The van der Waals surface area contributed by atoms with E-state index in [-0.39, 0.29) is 11.3 Å². The van der Waals surface area contributed by atoms with Gasteiger partial charge in [0, 0.05) is 25.2 Å². The van der Waals surface area contributed by atoms with E-state index in [1.807, 2.05) is 29.6 Å². The van der Waals surface area contributed by atoms with Crippen molar-refractivity contribution in [3.63, 3.8) is 0 Å². The Labute approximate surface area is 172 Å². The van der Waals surface area contributed by atoms with Gasteiger partial charge in [-0.2, -0.15) is 0 Å². The number of carbonyl (C=O) groups excluding carboxylic acids is 1. The summed E-state index contributed by atoms with van der Waals surface area (Å²) < 4.78 is 10.9. The van der Waals surface area contributed by atoms with Crippen LogP contribution in [0.5, 0.6) is 5.75 Å². The van der Waals surface area contributed by atoms with Crippen LogP contribution in [0.1, 0.15) is 28.1 Å². The molecule has 0 spiro atoms. The summed E-state index contributed by atoms with van der Waals surface area (Å²) in [6.07, 6.45) is 3.42. The minimum Gasteiger partial charge on any atom is -0.497 e. The number of nitrogens with zero attached hydrogens (tertiary/aromatic N) is 1. The normalized spacial score (nSPS) is 15.9. The summed E-state index contributed by atoms with van der Waals surface area (Å²) >= 11 is 3.06. The van der Waals surface area contributed by atoms with Crippen LogP contribution in [-0.2, 0) is 10.2 Å². The van der Waals surface area contributed by atoms with Gasteiger partial charge in [-0.15, -0.1) is 22.7 Å². The third-order valence-corrected chi connectivity index (χ3v) is 7.24. The van der Waals surface area contributed by atoms with Gasteiger partial charge in [0.15, 0.2) is 0 Å². The quantitative estimate of drug-likeness (QED) is 0.651. The lowest BCUT2D eigenvalue weighted by molar-refractivity contribution is 0.0487. The number of thiophene rings is 1. The van der Waals surface area contributed by atoms with Gasteiger partial charge in [-0.05, 0) is 42.0 Å². The molecule has 2 aromatic heterocycles. The van der Waals surface area contributed by atoms with Crippen LogP contribution in [0.25, 0.3) is 9.88 Å². The van der Waals surface area contributed by atoms with Gasteiger partial charge in [0.25, 0.3) is 5.91 Å². The number of aromatic nitrogens is 1. The molecule has 0 unspecified atom stereocenters. The number of nitrogens with one attached hydrogen (secondary N) is 1. The summed E-state index contributed by atoms with van der Waals surface area (Å²) in [6.45, 7) is 1.98. The van der Waals surface area contributed by atoms with Crippen molar-refractivity contribution < 1.29 is 14.3 Å². The molecule has 1 amide bonds. The van der Waals surface area contributed by atoms with E-state index in [2.05, 4.69) is 22.4 Å². The second-order valence-electron chi connectivity index (χ2n) is 6.81. The van der Waals surface area contributed by atoms with Gasteiger partial charge in [0.1, 0.15) is 15.6 Å². The Balaban J connectivity index is 1.49. The Hall–Kier alpha value is -2.22. The molecule has 146 valence electrons. The number of amides is 1. The molecule has 4 rings (SSSR count). The summed E-state index contributed by atoms with van der Waals surface area (Å²) in [5.74, 6) is 0.764. The minimum atomic E-state index is -0.124. The van der Waals surface area contributed by atoms with E-state index in [1.54, 1.807) is 24.6 Å². The zero-order valence-corrected chi connectivity index (χ0v) is 17.3. The van der Waals surface area contributed by atoms with E-state index in [0.29, 0.717) is 24.6 Å². The molecular formula is C21H22N2O3S2. The molecule has 1 aliphatic rings. The molecule has 3 aromatic rings. The number of methoxy groups -OCH3 is 1. The second-order valence-corrected chi connectivity index (χ2v) is 8.79. The van der Waals surface area contributed by atoms with Gasteiger partial charge in [0.05, 0.1) is 18.2 Å². The van der Waals surface area contributed by atoms with Gasteiger partial charge >= 0.3 is 0 Å². The number of hydrogen-bond acceptors (Lipinski definition) is 6. The van der Waals surface area contributed by atoms with Crippen LogP contribution in [0, 0.1) is 0 Å². The topological polar surface area (TPSA) is 60.5 Å². The fourth-order valence-electron chi connectivity index (χ4n) is 3.50. The summed E-state index contributed by atoms with van der Waals surface area (Å²) in [6, 6.07) is 12.2. The summed E-state index contributed by atoms with van der Waals surface area (Å²) in [7, 11) is 1.67. The van der Waals surface area contributed by atoms with Crippen LogP contribution < -0.4 is 10.1 Å². The lowest BCUT2D eigenvalue weighted by Crippen LogP contribution is -2.44. The molecule has 1 N–H and O–H groups in total. The minimum absolute atomic E-state index is 0.0697. The van der Waals surface area contributed by atoms with E-state index in [0.717, 1.165) is 28.5 Å². The molecule has 0 atom stereocenters. The van der Waals surface area contributed by atoms with Crippen molar-refractivity contribution in [3.05, 3.63) is 58.4 Å². The predicted molar refractivity (Wildman–Crippen MR) is 112 cm³/mol. The average Bonchev–Trinajstić information content (AvgIpc) is 3.44. The first-order chi connectivity index (χ1) is 13.7. The number of ether oxygens (including phenoxy) is 2. The maximum Gasteiger partial charge on any atom is 0.263 e. The molecule has 1 fully saturated rings. The molecule has 3 heterocycles. The van der Waals surface area contributed by atoms with E-state index < -0.39 is 0 Å². The maximum absolute atomic E-state index is 12.8. The number of thiazole rings is 1. The monoisotopic (exact) mass is 414 g/mol. The Morgan fingerprint density at radius 2 is 2.04 bits per heavy atom. The highest BCUT2D eigenvalue weighted by Gasteiger charge is 2.35. The van der Waals surface area contributed by atoms with E-state index >= 15 is 0 Å². The molecule has 1 saturated heterocycles. The standard InChI is InChI=1S/C21H22N2O3S2/c1-25-16-6-4-15(5-7-16)21(8-10-26-11-9-21)14-23-19(24)18-13-22-20(28-18)17-3-2-12-27-17/h2-7,12-13H,8-11,14H2,1H3,(H,23,24). The smallest absolute Gasteiger partial charge is 0.263 e. The number of rotatable bonds is 6. The molecule has 0 saturated carbocycles. The van der Waals surface area contributed by atoms with Crippen LogP contribution in [0.2, 0.25) is 0 Å². The van der Waals surface area contributed by atoms with E-state index in [1.165, 1.54) is 16.9 Å². The molecule has 0 aliphatic carbocycles. The van der Waals surface area contributed by atoms with Crippen molar-refractivity contribution in [2.45, 2.75) is 18.3 Å². The lowest BCUT2D eigenvalue weighted by Gasteiger charge is -2.38. The molecule has 7 heteroatoms. The molecule has 1 aliphatic heterocycles. The lowest BCUT2D eigenvalue weighted by atomic mass is 9.74. The molecule has 5 nitrogen and oxygen atoms in total. The van der Waals surface area contributed by atoms with Crippen molar-refractivity contribution in [1.29, 1.82) is 0 Å². The van der Waals surface area contributed by atoms with Crippen LogP contribution in [0.4, 0.5) is 0 Å². The van der Waals surface area contributed by atoms with Crippen molar-refractivity contribution in [3.8, 4) is 15.6 Å². The number of benzene rings is 1. The second kappa shape index (κ2) is 8.43. The van der Waals surface area contributed by atoms with Crippen LogP contribution in [0.15, 0.2) is 48.0 Å². The van der Waals surface area contributed by atoms with Crippen molar-refractivity contribution >= 4 is 28.6 Å². The Bertz CT molecular complexity index is 914. The highest BCUT2D eigenvalue weighted by atomic mass is 32.1. The first kappa shape index (κ1) is 19.1. The first-order valence-electron chi connectivity index (χ1n) is 9.20. The van der Waals surface area contributed by atoms with Gasteiger partial charge in [-0.3, -0.25) is 4.79 Å². The third-order valence-electron chi connectivity index (χ3n) is 5.20. The SMILES string of the molecule is COc1ccc(C2(CNC(=O)c3cnc(-c4cccs4)s3)CCOCC2)cc1.